The molecule has 0 amide bonds. The van der Waals surface area contributed by atoms with Crippen LogP contribution in [-0.2, 0) is 6.54 Å². The monoisotopic (exact) mass is 289 g/mol. The van der Waals surface area contributed by atoms with E-state index in [4.69, 9.17) is 14.7 Å². The Hall–Kier alpha value is -2.26. The van der Waals surface area contributed by atoms with Gasteiger partial charge in [-0.2, -0.15) is 9.64 Å². The van der Waals surface area contributed by atoms with E-state index >= 15 is 0 Å². The molecule has 0 unspecified atom stereocenters. The third-order valence-electron chi connectivity index (χ3n) is 2.91. The lowest BCUT2D eigenvalue weighted by Crippen LogP contribution is -2.02. The SMILES string of the molecule is COc1ccc(CNc2snc(C)c2C#N)c(OC)c1. The van der Waals surface area contributed by atoms with Crippen LogP contribution in [0.5, 0.6) is 11.5 Å². The van der Waals surface area contributed by atoms with Crippen LogP contribution in [0, 0.1) is 18.3 Å². The van der Waals surface area contributed by atoms with E-state index in [0.29, 0.717) is 12.1 Å². The van der Waals surface area contributed by atoms with Gasteiger partial charge in [-0.1, -0.05) is 0 Å². The van der Waals surface area contributed by atoms with Crippen LogP contribution >= 0.6 is 11.5 Å². The van der Waals surface area contributed by atoms with E-state index in [1.165, 1.54) is 11.5 Å². The van der Waals surface area contributed by atoms with Gasteiger partial charge in [-0.3, -0.25) is 0 Å². The Kier molecular flexibility index (Phi) is 4.43. The number of benzene rings is 1. The Morgan fingerprint density at radius 2 is 2.15 bits per heavy atom. The number of hydrogen-bond acceptors (Lipinski definition) is 6. The molecule has 6 heteroatoms. The lowest BCUT2D eigenvalue weighted by molar-refractivity contribution is 0.391. The first-order chi connectivity index (χ1) is 9.69. The van der Waals surface area contributed by atoms with Crippen molar-refractivity contribution in [1.29, 1.82) is 5.26 Å². The highest BCUT2D eigenvalue weighted by Gasteiger charge is 2.11. The third kappa shape index (κ3) is 2.83. The number of hydrogen-bond donors (Lipinski definition) is 1. The molecule has 0 saturated heterocycles. The molecule has 0 radical (unpaired) electrons. The zero-order chi connectivity index (χ0) is 14.5. The number of nitrogens with zero attached hydrogens (tertiary/aromatic N) is 2. The first-order valence-electron chi connectivity index (χ1n) is 6.00. The van der Waals surface area contributed by atoms with E-state index in [9.17, 15) is 0 Å². The average Bonchev–Trinajstić information content (AvgIpc) is 2.84. The molecular weight excluding hydrogens is 274 g/mol. The van der Waals surface area contributed by atoms with E-state index in [0.717, 1.165) is 27.8 Å². The van der Waals surface area contributed by atoms with E-state index < -0.39 is 0 Å². The fourth-order valence-electron chi connectivity index (χ4n) is 1.80. The van der Waals surface area contributed by atoms with Gasteiger partial charge in [0.25, 0.3) is 0 Å². The first kappa shape index (κ1) is 14.2. The molecule has 0 spiro atoms. The Morgan fingerprint density at radius 3 is 2.80 bits per heavy atom. The van der Waals surface area contributed by atoms with E-state index in [-0.39, 0.29) is 0 Å². The molecule has 1 heterocycles. The number of ether oxygens (including phenoxy) is 2. The van der Waals surface area contributed by atoms with Crippen molar-refractivity contribution in [1.82, 2.24) is 4.37 Å². The van der Waals surface area contributed by atoms with Gasteiger partial charge in [-0.05, 0) is 30.6 Å². The summed E-state index contributed by atoms with van der Waals surface area (Å²) in [5.41, 5.74) is 2.34. The van der Waals surface area contributed by atoms with Crippen LogP contribution in [0.1, 0.15) is 16.8 Å². The van der Waals surface area contributed by atoms with Crippen molar-refractivity contribution in [2.24, 2.45) is 0 Å². The van der Waals surface area contributed by atoms with Crippen molar-refractivity contribution in [3.8, 4) is 17.6 Å². The van der Waals surface area contributed by atoms with Crippen LogP contribution in [0.15, 0.2) is 18.2 Å². The predicted molar refractivity (Wildman–Crippen MR) is 78.4 cm³/mol. The minimum atomic E-state index is 0.559. The fraction of sp³-hybridized carbons (Fsp3) is 0.286. The third-order valence-corrected chi connectivity index (χ3v) is 3.80. The molecule has 104 valence electrons. The van der Waals surface area contributed by atoms with Gasteiger partial charge >= 0.3 is 0 Å². The Morgan fingerprint density at radius 1 is 1.35 bits per heavy atom. The number of nitriles is 1. The molecule has 0 bridgehead atoms. The van der Waals surface area contributed by atoms with Gasteiger partial charge in [0, 0.05) is 18.2 Å². The zero-order valence-corrected chi connectivity index (χ0v) is 12.4. The number of aryl methyl sites for hydroxylation is 1. The Balaban J connectivity index is 2.17. The van der Waals surface area contributed by atoms with Crippen molar-refractivity contribution >= 4 is 16.5 Å². The van der Waals surface area contributed by atoms with Gasteiger partial charge in [-0.25, -0.2) is 0 Å². The lowest BCUT2D eigenvalue weighted by Gasteiger charge is -2.11. The molecule has 0 fully saturated rings. The van der Waals surface area contributed by atoms with Gasteiger partial charge in [0.15, 0.2) is 0 Å². The maximum Gasteiger partial charge on any atom is 0.127 e. The van der Waals surface area contributed by atoms with Crippen molar-refractivity contribution in [2.45, 2.75) is 13.5 Å². The standard InChI is InChI=1S/C14H15N3O2S/c1-9-12(7-15)14(20-17-9)16-8-10-4-5-11(18-2)6-13(10)19-3/h4-6,16H,8H2,1-3H3. The average molecular weight is 289 g/mol. The van der Waals surface area contributed by atoms with Crippen LogP contribution in [0.4, 0.5) is 5.00 Å². The van der Waals surface area contributed by atoms with Crippen molar-refractivity contribution in [3.63, 3.8) is 0 Å². The number of rotatable bonds is 5. The molecule has 0 atom stereocenters. The Labute approximate surface area is 121 Å². The van der Waals surface area contributed by atoms with Gasteiger partial charge in [-0.15, -0.1) is 0 Å². The summed E-state index contributed by atoms with van der Waals surface area (Å²) in [7, 11) is 3.24. The summed E-state index contributed by atoms with van der Waals surface area (Å²) in [6.45, 7) is 2.39. The normalized spacial score (nSPS) is 9.90. The Bertz CT molecular complexity index is 646. The largest absolute Gasteiger partial charge is 0.497 e. The second-order valence-corrected chi connectivity index (χ2v) is 4.89. The van der Waals surface area contributed by atoms with E-state index in [1.807, 2.05) is 25.1 Å². The van der Waals surface area contributed by atoms with Gasteiger partial charge in [0.1, 0.15) is 28.1 Å². The van der Waals surface area contributed by atoms with Crippen molar-refractivity contribution < 1.29 is 9.47 Å². The number of methoxy groups -OCH3 is 2. The predicted octanol–water partition coefficient (Wildman–Crippen LogP) is 2.95. The van der Waals surface area contributed by atoms with Crippen LogP contribution in [0.2, 0.25) is 0 Å². The molecule has 1 N–H and O–H groups in total. The molecule has 2 aromatic rings. The summed E-state index contributed by atoms with van der Waals surface area (Å²) in [5, 5.41) is 13.1. The molecular formula is C14H15N3O2S. The molecule has 1 aromatic carbocycles. The second-order valence-electron chi connectivity index (χ2n) is 4.12. The van der Waals surface area contributed by atoms with Gasteiger partial charge < -0.3 is 14.8 Å². The molecule has 0 aliphatic heterocycles. The van der Waals surface area contributed by atoms with E-state index in [1.54, 1.807) is 14.2 Å². The van der Waals surface area contributed by atoms with Crippen LogP contribution < -0.4 is 14.8 Å². The second kappa shape index (κ2) is 6.26. The summed E-state index contributed by atoms with van der Waals surface area (Å²) in [6, 6.07) is 7.81. The number of anilines is 1. The fourth-order valence-corrected chi connectivity index (χ4v) is 2.54. The minimum Gasteiger partial charge on any atom is -0.497 e. The molecule has 0 aliphatic rings. The van der Waals surface area contributed by atoms with Gasteiger partial charge in [0.2, 0.25) is 0 Å². The molecule has 5 nitrogen and oxygen atoms in total. The van der Waals surface area contributed by atoms with Crippen LogP contribution in [0.3, 0.4) is 0 Å². The minimum absolute atomic E-state index is 0.559. The van der Waals surface area contributed by atoms with Crippen molar-refractivity contribution in [2.75, 3.05) is 19.5 Å². The summed E-state index contributed by atoms with van der Waals surface area (Å²) >= 11 is 1.29. The van der Waals surface area contributed by atoms with E-state index in [2.05, 4.69) is 15.8 Å². The number of nitrogens with one attached hydrogen (secondary N) is 1. The summed E-state index contributed by atoms with van der Waals surface area (Å²) in [6.07, 6.45) is 0. The summed E-state index contributed by atoms with van der Waals surface area (Å²) in [4.78, 5) is 0. The maximum absolute atomic E-state index is 9.09. The van der Waals surface area contributed by atoms with Crippen LogP contribution in [0.25, 0.3) is 0 Å². The molecule has 20 heavy (non-hydrogen) atoms. The number of aromatic nitrogens is 1. The van der Waals surface area contributed by atoms with Gasteiger partial charge in [0.05, 0.1) is 19.9 Å². The summed E-state index contributed by atoms with van der Waals surface area (Å²) in [5.74, 6) is 1.49. The molecule has 0 aliphatic carbocycles. The lowest BCUT2D eigenvalue weighted by atomic mass is 10.2. The quantitative estimate of drug-likeness (QED) is 0.916. The molecule has 1 aromatic heterocycles. The molecule has 2 rings (SSSR count). The zero-order valence-electron chi connectivity index (χ0n) is 11.6. The highest BCUT2D eigenvalue weighted by Crippen LogP contribution is 2.28. The first-order valence-corrected chi connectivity index (χ1v) is 6.78. The highest BCUT2D eigenvalue weighted by molar-refractivity contribution is 7.10. The summed E-state index contributed by atoms with van der Waals surface area (Å²) < 4.78 is 14.7. The topological polar surface area (TPSA) is 67.2 Å². The highest BCUT2D eigenvalue weighted by atomic mass is 32.1. The van der Waals surface area contributed by atoms with Crippen LogP contribution in [-0.4, -0.2) is 18.6 Å². The maximum atomic E-state index is 9.09. The van der Waals surface area contributed by atoms with Crippen molar-refractivity contribution in [3.05, 3.63) is 35.0 Å². The smallest absolute Gasteiger partial charge is 0.127 e. The molecule has 0 saturated carbocycles.